The van der Waals surface area contributed by atoms with Gasteiger partial charge in [0.1, 0.15) is 11.6 Å². The lowest BCUT2D eigenvalue weighted by atomic mass is 10.2. The van der Waals surface area contributed by atoms with E-state index in [4.69, 9.17) is 0 Å². The highest BCUT2D eigenvalue weighted by Gasteiger charge is 2.13. The van der Waals surface area contributed by atoms with E-state index in [1.807, 2.05) is 34.9 Å². The minimum absolute atomic E-state index is 0.200. The number of hydrogen-bond donors (Lipinski definition) is 1. The van der Waals surface area contributed by atoms with Crippen LogP contribution in [0, 0.1) is 5.82 Å². The van der Waals surface area contributed by atoms with Crippen molar-refractivity contribution >= 4 is 16.7 Å². The van der Waals surface area contributed by atoms with Crippen LogP contribution in [0.2, 0.25) is 0 Å². The number of aryl methyl sites for hydroxylation is 1. The normalized spacial score (nSPS) is 11.0. The van der Waals surface area contributed by atoms with Crippen LogP contribution in [0.3, 0.4) is 0 Å². The van der Waals surface area contributed by atoms with Crippen molar-refractivity contribution in [2.75, 3.05) is 5.32 Å². The van der Waals surface area contributed by atoms with Crippen molar-refractivity contribution in [3.05, 3.63) is 82.8 Å². The standard InChI is InChI=1S/C19H16FN5O/c1-24-19(26)10-14(11-22-24)21-12-18-23-16-8-7-13(20)9-17(16)25(18)15-5-3-2-4-6-15/h2-11,21H,12H2,1H3. The number of benzene rings is 2. The van der Waals surface area contributed by atoms with E-state index in [0.29, 0.717) is 29.1 Å². The molecule has 0 atom stereocenters. The van der Waals surface area contributed by atoms with Crippen LogP contribution in [0.25, 0.3) is 16.7 Å². The Morgan fingerprint density at radius 3 is 2.69 bits per heavy atom. The Kier molecular flexibility index (Phi) is 3.96. The monoisotopic (exact) mass is 349 g/mol. The maximum absolute atomic E-state index is 13.8. The predicted octanol–water partition coefficient (Wildman–Crippen LogP) is 2.87. The summed E-state index contributed by atoms with van der Waals surface area (Å²) in [6, 6.07) is 15.6. The van der Waals surface area contributed by atoms with Crippen LogP contribution < -0.4 is 10.9 Å². The largest absolute Gasteiger partial charge is 0.376 e. The lowest BCUT2D eigenvalue weighted by Crippen LogP contribution is -2.19. The van der Waals surface area contributed by atoms with E-state index in [1.165, 1.54) is 22.9 Å². The third kappa shape index (κ3) is 2.95. The summed E-state index contributed by atoms with van der Waals surface area (Å²) in [5.41, 5.74) is 2.68. The number of aromatic nitrogens is 4. The third-order valence-electron chi connectivity index (χ3n) is 4.12. The van der Waals surface area contributed by atoms with Gasteiger partial charge in [-0.15, -0.1) is 0 Å². The van der Waals surface area contributed by atoms with Gasteiger partial charge in [-0.25, -0.2) is 14.1 Å². The second-order valence-electron chi connectivity index (χ2n) is 5.89. The first-order valence-corrected chi connectivity index (χ1v) is 8.11. The van der Waals surface area contributed by atoms with Crippen LogP contribution in [0.1, 0.15) is 5.82 Å². The van der Waals surface area contributed by atoms with Crippen molar-refractivity contribution in [2.45, 2.75) is 6.54 Å². The molecule has 0 amide bonds. The molecule has 0 bridgehead atoms. The van der Waals surface area contributed by atoms with Gasteiger partial charge in [0.15, 0.2) is 0 Å². The van der Waals surface area contributed by atoms with Crippen LogP contribution in [-0.4, -0.2) is 19.3 Å². The molecule has 6 nitrogen and oxygen atoms in total. The van der Waals surface area contributed by atoms with Gasteiger partial charge < -0.3 is 5.32 Å². The first kappa shape index (κ1) is 16.0. The molecule has 2 aromatic heterocycles. The van der Waals surface area contributed by atoms with Gasteiger partial charge in [-0.2, -0.15) is 5.10 Å². The molecule has 0 radical (unpaired) electrons. The minimum Gasteiger partial charge on any atom is -0.376 e. The Hall–Kier alpha value is -3.48. The summed E-state index contributed by atoms with van der Waals surface area (Å²) in [4.78, 5) is 16.3. The first-order valence-electron chi connectivity index (χ1n) is 8.11. The number of imidazole rings is 1. The van der Waals surface area contributed by atoms with E-state index in [1.54, 1.807) is 19.3 Å². The topological polar surface area (TPSA) is 64.7 Å². The summed E-state index contributed by atoms with van der Waals surface area (Å²) in [6.07, 6.45) is 1.58. The minimum atomic E-state index is -0.315. The van der Waals surface area contributed by atoms with Gasteiger partial charge in [0.2, 0.25) is 0 Å². The molecule has 0 aliphatic heterocycles. The Bertz CT molecular complexity index is 1130. The third-order valence-corrected chi connectivity index (χ3v) is 4.12. The summed E-state index contributed by atoms with van der Waals surface area (Å²) in [7, 11) is 1.59. The van der Waals surface area contributed by atoms with Gasteiger partial charge in [-0.3, -0.25) is 9.36 Å². The van der Waals surface area contributed by atoms with Crippen LogP contribution in [0.5, 0.6) is 0 Å². The molecule has 1 N–H and O–H groups in total. The smallest absolute Gasteiger partial charge is 0.268 e. The first-order chi connectivity index (χ1) is 12.6. The molecule has 0 unspecified atom stereocenters. The number of hydrogen-bond acceptors (Lipinski definition) is 4. The summed E-state index contributed by atoms with van der Waals surface area (Å²) in [5, 5.41) is 7.15. The highest BCUT2D eigenvalue weighted by atomic mass is 19.1. The fourth-order valence-electron chi connectivity index (χ4n) is 2.83. The molecule has 0 saturated carbocycles. The summed E-state index contributed by atoms with van der Waals surface area (Å²) in [6.45, 7) is 0.361. The molecule has 130 valence electrons. The molecule has 26 heavy (non-hydrogen) atoms. The van der Waals surface area contributed by atoms with Crippen LogP contribution in [-0.2, 0) is 13.6 Å². The predicted molar refractivity (Wildman–Crippen MR) is 97.8 cm³/mol. The van der Waals surface area contributed by atoms with Gasteiger partial charge in [0.25, 0.3) is 5.56 Å². The number of nitrogens with one attached hydrogen (secondary N) is 1. The van der Waals surface area contributed by atoms with E-state index in [2.05, 4.69) is 15.4 Å². The maximum atomic E-state index is 13.8. The molecular formula is C19H16FN5O. The zero-order valence-electron chi connectivity index (χ0n) is 14.1. The number of fused-ring (bicyclic) bond motifs is 1. The van der Waals surface area contributed by atoms with Gasteiger partial charge in [-0.05, 0) is 24.3 Å². The van der Waals surface area contributed by atoms with Crippen molar-refractivity contribution in [3.63, 3.8) is 0 Å². The molecular weight excluding hydrogens is 333 g/mol. The SMILES string of the molecule is Cn1ncc(NCc2nc3ccc(F)cc3n2-c2ccccc2)cc1=O. The van der Waals surface area contributed by atoms with E-state index >= 15 is 0 Å². The summed E-state index contributed by atoms with van der Waals surface area (Å²) in [5.74, 6) is 0.391. The van der Waals surface area contributed by atoms with Crippen molar-refractivity contribution in [1.29, 1.82) is 0 Å². The molecule has 0 aliphatic rings. The van der Waals surface area contributed by atoms with Crippen molar-refractivity contribution < 1.29 is 4.39 Å². The lowest BCUT2D eigenvalue weighted by molar-refractivity contribution is 0.629. The highest BCUT2D eigenvalue weighted by molar-refractivity contribution is 5.78. The Labute approximate surface area is 148 Å². The average molecular weight is 349 g/mol. The molecule has 0 spiro atoms. The van der Waals surface area contributed by atoms with Crippen molar-refractivity contribution in [1.82, 2.24) is 19.3 Å². The van der Waals surface area contributed by atoms with Gasteiger partial charge in [0.05, 0.1) is 29.5 Å². The van der Waals surface area contributed by atoms with Crippen molar-refractivity contribution in [2.24, 2.45) is 7.05 Å². The molecule has 2 aromatic carbocycles. The molecule has 7 heteroatoms. The Morgan fingerprint density at radius 1 is 1.12 bits per heavy atom. The van der Waals surface area contributed by atoms with Crippen molar-refractivity contribution in [3.8, 4) is 5.69 Å². The highest BCUT2D eigenvalue weighted by Crippen LogP contribution is 2.23. The summed E-state index contributed by atoms with van der Waals surface area (Å²) >= 11 is 0. The van der Waals surface area contributed by atoms with Crippen LogP contribution in [0.15, 0.2) is 65.6 Å². The second kappa shape index (κ2) is 6.44. The Balaban J connectivity index is 1.76. The summed E-state index contributed by atoms with van der Waals surface area (Å²) < 4.78 is 16.9. The number of para-hydroxylation sites is 1. The molecule has 2 heterocycles. The van der Waals surface area contributed by atoms with E-state index in [0.717, 1.165) is 5.69 Å². The van der Waals surface area contributed by atoms with Gasteiger partial charge >= 0.3 is 0 Å². The number of halogens is 1. The van der Waals surface area contributed by atoms with Crippen LogP contribution in [0.4, 0.5) is 10.1 Å². The molecule has 0 saturated heterocycles. The van der Waals surface area contributed by atoms with Crippen LogP contribution >= 0.6 is 0 Å². The van der Waals surface area contributed by atoms with E-state index in [-0.39, 0.29) is 11.4 Å². The average Bonchev–Trinajstić information content (AvgIpc) is 3.01. The molecule has 4 rings (SSSR count). The Morgan fingerprint density at radius 2 is 1.92 bits per heavy atom. The van der Waals surface area contributed by atoms with E-state index < -0.39 is 0 Å². The fraction of sp³-hybridized carbons (Fsp3) is 0.105. The lowest BCUT2D eigenvalue weighted by Gasteiger charge is -2.11. The van der Waals surface area contributed by atoms with Gasteiger partial charge in [0, 0.05) is 24.9 Å². The zero-order valence-corrected chi connectivity index (χ0v) is 14.1. The number of anilines is 1. The number of nitrogens with zero attached hydrogens (tertiary/aromatic N) is 4. The number of rotatable bonds is 4. The fourth-order valence-corrected chi connectivity index (χ4v) is 2.83. The molecule has 4 aromatic rings. The molecule has 0 fully saturated rings. The van der Waals surface area contributed by atoms with Gasteiger partial charge in [-0.1, -0.05) is 18.2 Å². The molecule has 0 aliphatic carbocycles. The second-order valence-corrected chi connectivity index (χ2v) is 5.89. The zero-order chi connectivity index (χ0) is 18.1. The van der Waals surface area contributed by atoms with E-state index in [9.17, 15) is 9.18 Å². The maximum Gasteiger partial charge on any atom is 0.268 e. The quantitative estimate of drug-likeness (QED) is 0.615.